The van der Waals surface area contributed by atoms with Gasteiger partial charge in [-0.3, -0.25) is 4.55 Å². The van der Waals surface area contributed by atoms with E-state index in [1.165, 1.54) is 0 Å². The molecule has 0 heterocycles. The van der Waals surface area contributed by atoms with E-state index < -0.39 is 38.0 Å². The number of carboxylic acid groups (broad SMARTS) is 1. The first-order chi connectivity index (χ1) is 11.2. The van der Waals surface area contributed by atoms with Crippen molar-refractivity contribution in [3.63, 3.8) is 0 Å². The standard InChI is InChI=1S/C15H12N2O6S/c1-2-9-3-5-10(6-4-9)16-17-13-8-11(24(21,22)23)7-12(14(13)18)15(19)20/h2-8,18H,1H2,(H,19,20)(H,21,22,23). The van der Waals surface area contributed by atoms with E-state index >= 15 is 0 Å². The van der Waals surface area contributed by atoms with Gasteiger partial charge in [-0.15, -0.1) is 5.11 Å². The first-order valence-electron chi connectivity index (χ1n) is 6.44. The summed E-state index contributed by atoms with van der Waals surface area (Å²) in [4.78, 5) is 10.4. The zero-order chi connectivity index (χ0) is 17.9. The van der Waals surface area contributed by atoms with Crippen LogP contribution in [0.1, 0.15) is 15.9 Å². The minimum absolute atomic E-state index is 0.383. The second-order valence-corrected chi connectivity index (χ2v) is 6.04. The van der Waals surface area contributed by atoms with Crippen LogP contribution in [0.25, 0.3) is 6.08 Å². The third-order valence-corrected chi connectivity index (χ3v) is 3.82. The van der Waals surface area contributed by atoms with Gasteiger partial charge in [0.1, 0.15) is 11.3 Å². The van der Waals surface area contributed by atoms with E-state index in [1.807, 2.05) is 0 Å². The van der Waals surface area contributed by atoms with E-state index in [-0.39, 0.29) is 0 Å². The SMILES string of the molecule is C=Cc1ccc(N=Nc2cc(S(=O)(=O)O)cc(C(=O)O)c2O)cc1. The molecule has 0 aliphatic carbocycles. The van der Waals surface area contributed by atoms with Crippen LogP contribution in [0.2, 0.25) is 0 Å². The summed E-state index contributed by atoms with van der Waals surface area (Å²) in [7, 11) is -4.68. The van der Waals surface area contributed by atoms with Crippen LogP contribution >= 0.6 is 0 Å². The number of aromatic hydroxyl groups is 1. The van der Waals surface area contributed by atoms with Crippen LogP contribution in [0.15, 0.2) is 58.1 Å². The maximum absolute atomic E-state index is 11.2. The first-order valence-corrected chi connectivity index (χ1v) is 7.88. The summed E-state index contributed by atoms with van der Waals surface area (Å²) in [6.45, 7) is 3.60. The monoisotopic (exact) mass is 348 g/mol. The molecule has 0 saturated carbocycles. The van der Waals surface area contributed by atoms with Gasteiger partial charge in [-0.05, 0) is 29.8 Å². The largest absolute Gasteiger partial charge is 0.505 e. The summed E-state index contributed by atoms with van der Waals surface area (Å²) in [5.41, 5.74) is 0.101. The number of aromatic carboxylic acids is 1. The molecule has 3 N–H and O–H groups in total. The molecule has 2 rings (SSSR count). The average Bonchev–Trinajstić information content (AvgIpc) is 2.53. The third-order valence-electron chi connectivity index (χ3n) is 2.99. The van der Waals surface area contributed by atoms with Crippen molar-refractivity contribution < 1.29 is 28.0 Å². The van der Waals surface area contributed by atoms with Crippen molar-refractivity contribution in [2.24, 2.45) is 10.2 Å². The number of carbonyl (C=O) groups is 1. The Kier molecular flexibility index (Phi) is 4.77. The van der Waals surface area contributed by atoms with Gasteiger partial charge in [0.2, 0.25) is 0 Å². The molecule has 124 valence electrons. The number of hydrogen-bond donors (Lipinski definition) is 3. The van der Waals surface area contributed by atoms with Gasteiger partial charge in [0.25, 0.3) is 10.1 Å². The lowest BCUT2D eigenvalue weighted by Gasteiger charge is -2.05. The predicted octanol–water partition coefficient (Wildman–Crippen LogP) is 3.40. The van der Waals surface area contributed by atoms with E-state index in [9.17, 15) is 18.3 Å². The first kappa shape index (κ1) is 17.3. The Labute approximate surface area is 137 Å². The van der Waals surface area contributed by atoms with Gasteiger partial charge in [0, 0.05) is 0 Å². The van der Waals surface area contributed by atoms with Gasteiger partial charge in [-0.25, -0.2) is 4.79 Å². The molecule has 0 aliphatic heterocycles. The molecule has 0 aliphatic rings. The van der Waals surface area contributed by atoms with Gasteiger partial charge in [-0.2, -0.15) is 13.5 Å². The van der Waals surface area contributed by atoms with E-state index in [0.717, 1.165) is 11.6 Å². The Hall–Kier alpha value is -3.04. The highest BCUT2D eigenvalue weighted by molar-refractivity contribution is 7.85. The van der Waals surface area contributed by atoms with Crippen LogP contribution < -0.4 is 0 Å². The van der Waals surface area contributed by atoms with Crippen molar-refractivity contribution >= 4 is 33.5 Å². The molecule has 8 nitrogen and oxygen atoms in total. The van der Waals surface area contributed by atoms with E-state index in [4.69, 9.17) is 9.66 Å². The van der Waals surface area contributed by atoms with Crippen molar-refractivity contribution in [3.05, 3.63) is 54.1 Å². The summed E-state index contributed by atoms with van der Waals surface area (Å²) < 4.78 is 31.5. The highest BCUT2D eigenvalue weighted by Crippen LogP contribution is 2.34. The molecule has 0 aromatic heterocycles. The molecule has 0 radical (unpaired) electrons. The smallest absolute Gasteiger partial charge is 0.339 e. The highest BCUT2D eigenvalue weighted by Gasteiger charge is 2.20. The predicted molar refractivity (Wildman–Crippen MR) is 85.6 cm³/mol. The normalized spacial score (nSPS) is 11.5. The topological polar surface area (TPSA) is 137 Å². The van der Waals surface area contributed by atoms with Gasteiger partial charge in [0.05, 0.1) is 10.6 Å². The second kappa shape index (κ2) is 6.60. The number of phenols is 1. The lowest BCUT2D eigenvalue weighted by molar-refractivity contribution is 0.0693. The van der Waals surface area contributed by atoms with Crippen molar-refractivity contribution in [3.8, 4) is 5.75 Å². The summed E-state index contributed by atoms with van der Waals surface area (Å²) in [5, 5.41) is 26.3. The Morgan fingerprint density at radius 3 is 2.25 bits per heavy atom. The molecule has 2 aromatic carbocycles. The number of nitrogens with zero attached hydrogens (tertiary/aromatic N) is 2. The van der Waals surface area contributed by atoms with Gasteiger partial charge < -0.3 is 10.2 Å². The van der Waals surface area contributed by atoms with Gasteiger partial charge in [-0.1, -0.05) is 24.8 Å². The molecule has 0 fully saturated rings. The number of carboxylic acids is 1. The highest BCUT2D eigenvalue weighted by atomic mass is 32.2. The Morgan fingerprint density at radius 1 is 1.12 bits per heavy atom. The Bertz CT molecular complexity index is 933. The van der Waals surface area contributed by atoms with E-state index in [2.05, 4.69) is 16.8 Å². The van der Waals surface area contributed by atoms with E-state index in [0.29, 0.717) is 11.8 Å². The summed E-state index contributed by atoms with van der Waals surface area (Å²) in [6, 6.07) is 8.06. The van der Waals surface area contributed by atoms with Crippen LogP contribution in [-0.4, -0.2) is 29.2 Å². The van der Waals surface area contributed by atoms with Crippen LogP contribution in [0.5, 0.6) is 5.75 Å². The summed E-state index contributed by atoms with van der Waals surface area (Å²) >= 11 is 0. The van der Waals surface area contributed by atoms with Crippen molar-refractivity contribution in [2.75, 3.05) is 0 Å². The third kappa shape index (κ3) is 3.83. The van der Waals surface area contributed by atoms with Crippen molar-refractivity contribution in [1.82, 2.24) is 0 Å². The maximum atomic E-state index is 11.2. The molecule has 9 heteroatoms. The molecule has 0 bridgehead atoms. The van der Waals surface area contributed by atoms with Crippen molar-refractivity contribution in [1.29, 1.82) is 0 Å². The van der Waals surface area contributed by atoms with Crippen LogP contribution in [-0.2, 0) is 10.1 Å². The van der Waals surface area contributed by atoms with Crippen molar-refractivity contribution in [2.45, 2.75) is 4.90 Å². The van der Waals surface area contributed by atoms with Crippen LogP contribution in [0, 0.1) is 0 Å². The van der Waals surface area contributed by atoms with Gasteiger partial charge in [0.15, 0.2) is 5.75 Å². The molecule has 24 heavy (non-hydrogen) atoms. The fourth-order valence-electron chi connectivity index (χ4n) is 1.77. The van der Waals surface area contributed by atoms with E-state index in [1.54, 1.807) is 30.3 Å². The summed E-state index contributed by atoms with van der Waals surface area (Å²) in [6.07, 6.45) is 1.63. The second-order valence-electron chi connectivity index (χ2n) is 4.61. The molecular formula is C15H12N2O6S. The maximum Gasteiger partial charge on any atom is 0.339 e. The fourth-order valence-corrected chi connectivity index (χ4v) is 2.30. The zero-order valence-corrected chi connectivity index (χ0v) is 12.9. The quantitative estimate of drug-likeness (QED) is 0.559. The van der Waals surface area contributed by atoms with Crippen LogP contribution in [0.3, 0.4) is 0 Å². The lowest BCUT2D eigenvalue weighted by atomic mass is 10.2. The Balaban J connectivity index is 2.51. The number of azo groups is 1. The number of rotatable bonds is 5. The minimum atomic E-state index is -4.68. The van der Waals surface area contributed by atoms with Gasteiger partial charge >= 0.3 is 5.97 Å². The molecule has 0 atom stereocenters. The molecular weight excluding hydrogens is 336 g/mol. The molecule has 0 amide bonds. The zero-order valence-electron chi connectivity index (χ0n) is 12.1. The lowest BCUT2D eigenvalue weighted by Crippen LogP contribution is -2.03. The molecule has 0 saturated heterocycles. The average molecular weight is 348 g/mol. The Morgan fingerprint density at radius 2 is 1.75 bits per heavy atom. The summed E-state index contributed by atoms with van der Waals surface area (Å²) in [5.74, 6) is -2.34. The van der Waals surface area contributed by atoms with Crippen LogP contribution in [0.4, 0.5) is 11.4 Å². The number of hydrogen-bond acceptors (Lipinski definition) is 6. The molecule has 2 aromatic rings. The fraction of sp³-hybridized carbons (Fsp3) is 0. The number of benzene rings is 2. The molecule has 0 spiro atoms. The molecule has 0 unspecified atom stereocenters. The minimum Gasteiger partial charge on any atom is -0.505 e.